The van der Waals surface area contributed by atoms with Gasteiger partial charge in [0, 0.05) is 20.1 Å². The zero-order valence-corrected chi connectivity index (χ0v) is 12.0. The summed E-state index contributed by atoms with van der Waals surface area (Å²) in [6, 6.07) is 9.78. The molecular formula is C12H19N2O3P. The van der Waals surface area contributed by atoms with Crippen LogP contribution < -0.4 is 0 Å². The highest BCUT2D eigenvalue weighted by Crippen LogP contribution is 2.62. The first-order valence-corrected chi connectivity index (χ1v) is 7.37. The monoisotopic (exact) mass is 270 g/mol. The van der Waals surface area contributed by atoms with Gasteiger partial charge in [-0.15, -0.1) is 0 Å². The summed E-state index contributed by atoms with van der Waals surface area (Å²) in [7, 11) is 1.91. The largest absolute Gasteiger partial charge is 0.425 e. The normalized spacial score (nSPS) is 33.2. The van der Waals surface area contributed by atoms with Crippen LogP contribution in [0.4, 0.5) is 0 Å². The molecular weight excluding hydrogens is 251 g/mol. The summed E-state index contributed by atoms with van der Waals surface area (Å²) >= 11 is 0. The highest BCUT2D eigenvalue weighted by molar-refractivity contribution is 7.51. The van der Waals surface area contributed by atoms with Gasteiger partial charge in [0.2, 0.25) is 0 Å². The Hall–Kier alpha value is -0.710. The van der Waals surface area contributed by atoms with Gasteiger partial charge in [0.15, 0.2) is 0 Å². The van der Waals surface area contributed by atoms with Crippen LogP contribution in [-0.4, -0.2) is 36.9 Å². The minimum Gasteiger partial charge on any atom is -0.286 e. The number of hydrogen-bond acceptors (Lipinski definition) is 4. The van der Waals surface area contributed by atoms with E-state index in [4.69, 9.17) is 9.15 Å². The van der Waals surface area contributed by atoms with Gasteiger partial charge >= 0.3 is 7.75 Å². The molecule has 100 valence electrons. The minimum absolute atomic E-state index is 0.00168. The molecule has 3 atom stereocenters. The van der Waals surface area contributed by atoms with Crippen LogP contribution in [0, 0.1) is 0 Å². The van der Waals surface area contributed by atoms with E-state index in [0.29, 0.717) is 0 Å². The Morgan fingerprint density at radius 3 is 2.50 bits per heavy atom. The molecule has 6 heteroatoms. The molecule has 1 aromatic carbocycles. The number of hydroxylamine groups is 2. The predicted octanol–water partition coefficient (Wildman–Crippen LogP) is 2.68. The lowest BCUT2D eigenvalue weighted by Crippen LogP contribution is -2.25. The van der Waals surface area contributed by atoms with Crippen molar-refractivity contribution in [2.75, 3.05) is 21.1 Å². The average Bonchev–Trinajstić information content (AvgIpc) is 2.54. The summed E-state index contributed by atoms with van der Waals surface area (Å²) in [5.74, 6) is 0. The summed E-state index contributed by atoms with van der Waals surface area (Å²) in [4.78, 5) is 0. The fourth-order valence-corrected chi connectivity index (χ4v) is 3.86. The second-order valence-corrected chi connectivity index (χ2v) is 6.56. The summed E-state index contributed by atoms with van der Waals surface area (Å²) in [6.07, 6.45) is -0.234. The quantitative estimate of drug-likeness (QED) is 0.624. The molecule has 0 aliphatic carbocycles. The molecule has 1 fully saturated rings. The zero-order valence-electron chi connectivity index (χ0n) is 11.1. The highest BCUT2D eigenvalue weighted by atomic mass is 31.2. The summed E-state index contributed by atoms with van der Waals surface area (Å²) in [6.45, 7) is 1.98. The SMILES string of the molecule is C[C@H]1[C@@H](c2ccccc2)OP(=O)(ON(C)C)N1C. The van der Waals surface area contributed by atoms with E-state index in [0.717, 1.165) is 5.56 Å². The van der Waals surface area contributed by atoms with E-state index in [1.165, 1.54) is 5.06 Å². The Bertz CT molecular complexity index is 452. The van der Waals surface area contributed by atoms with Crippen LogP contribution in [0.25, 0.3) is 0 Å². The van der Waals surface area contributed by atoms with Crippen molar-refractivity contribution in [2.45, 2.75) is 19.1 Å². The molecule has 0 radical (unpaired) electrons. The average molecular weight is 270 g/mol. The van der Waals surface area contributed by atoms with Gasteiger partial charge in [-0.3, -0.25) is 4.52 Å². The van der Waals surface area contributed by atoms with E-state index in [-0.39, 0.29) is 12.1 Å². The number of nitrogens with zero attached hydrogens (tertiary/aromatic N) is 2. The highest BCUT2D eigenvalue weighted by Gasteiger charge is 2.48. The van der Waals surface area contributed by atoms with Crippen molar-refractivity contribution in [3.8, 4) is 0 Å². The van der Waals surface area contributed by atoms with Gasteiger partial charge in [-0.2, -0.15) is 5.06 Å². The van der Waals surface area contributed by atoms with E-state index in [9.17, 15) is 4.57 Å². The topological polar surface area (TPSA) is 42.0 Å². The first-order valence-electron chi connectivity index (χ1n) is 5.88. The lowest BCUT2D eigenvalue weighted by atomic mass is 10.0. The molecule has 0 bridgehead atoms. The standard InChI is InChI=1S/C12H19N2O3P/c1-10-12(11-8-6-5-7-9-11)16-18(15,14(10)4)17-13(2)3/h5-10,12H,1-4H3/t10-,12-,18?/m0/s1. The molecule has 0 saturated carbocycles. The predicted molar refractivity (Wildman–Crippen MR) is 69.9 cm³/mol. The van der Waals surface area contributed by atoms with E-state index in [2.05, 4.69) is 0 Å². The maximum absolute atomic E-state index is 12.6. The molecule has 1 aliphatic heterocycles. The molecule has 0 aromatic heterocycles. The summed E-state index contributed by atoms with van der Waals surface area (Å²) in [5, 5.41) is 1.41. The molecule has 1 unspecified atom stereocenters. The first-order chi connectivity index (χ1) is 8.44. The third-order valence-corrected chi connectivity index (χ3v) is 5.22. The van der Waals surface area contributed by atoms with Gasteiger partial charge in [0.1, 0.15) is 6.10 Å². The van der Waals surface area contributed by atoms with Crippen LogP contribution in [0.2, 0.25) is 0 Å². The maximum Gasteiger partial charge on any atom is 0.425 e. The van der Waals surface area contributed by atoms with Crippen molar-refractivity contribution in [3.05, 3.63) is 35.9 Å². The van der Waals surface area contributed by atoms with E-state index in [1.54, 1.807) is 25.8 Å². The molecule has 0 amide bonds. The Labute approximate surface area is 108 Å². The second-order valence-electron chi connectivity index (χ2n) is 4.61. The van der Waals surface area contributed by atoms with E-state index in [1.807, 2.05) is 37.3 Å². The van der Waals surface area contributed by atoms with Gasteiger partial charge in [0.25, 0.3) is 0 Å². The van der Waals surface area contributed by atoms with E-state index >= 15 is 0 Å². The molecule has 2 rings (SSSR count). The van der Waals surface area contributed by atoms with Gasteiger partial charge in [-0.25, -0.2) is 13.9 Å². The van der Waals surface area contributed by atoms with Crippen LogP contribution in [0.5, 0.6) is 0 Å². The molecule has 1 heterocycles. The van der Waals surface area contributed by atoms with Crippen LogP contribution in [-0.2, 0) is 13.7 Å². The van der Waals surface area contributed by atoms with Crippen molar-refractivity contribution >= 4 is 7.75 Å². The van der Waals surface area contributed by atoms with Crippen molar-refractivity contribution in [2.24, 2.45) is 0 Å². The Morgan fingerprint density at radius 1 is 1.33 bits per heavy atom. The second kappa shape index (κ2) is 5.11. The van der Waals surface area contributed by atoms with Crippen molar-refractivity contribution in [3.63, 3.8) is 0 Å². The first kappa shape index (κ1) is 13.7. The molecule has 18 heavy (non-hydrogen) atoms. The minimum atomic E-state index is -3.24. The van der Waals surface area contributed by atoms with Crippen LogP contribution in [0.1, 0.15) is 18.6 Å². The van der Waals surface area contributed by atoms with Crippen LogP contribution in [0.3, 0.4) is 0 Å². The number of hydrogen-bond donors (Lipinski definition) is 0. The third-order valence-electron chi connectivity index (χ3n) is 3.06. The molecule has 5 nitrogen and oxygen atoms in total. The fraction of sp³-hybridized carbons (Fsp3) is 0.500. The van der Waals surface area contributed by atoms with E-state index < -0.39 is 7.75 Å². The van der Waals surface area contributed by atoms with Gasteiger partial charge < -0.3 is 0 Å². The van der Waals surface area contributed by atoms with Crippen LogP contribution in [0.15, 0.2) is 30.3 Å². The number of benzene rings is 1. The Kier molecular flexibility index (Phi) is 3.90. The number of likely N-dealkylation sites (N-methyl/N-ethyl adjacent to an activating group) is 1. The Morgan fingerprint density at radius 2 is 1.94 bits per heavy atom. The maximum atomic E-state index is 12.6. The molecule has 1 aliphatic rings. The van der Waals surface area contributed by atoms with Crippen molar-refractivity contribution in [1.82, 2.24) is 9.73 Å². The van der Waals surface area contributed by atoms with Crippen LogP contribution >= 0.6 is 7.75 Å². The summed E-state index contributed by atoms with van der Waals surface area (Å²) in [5.41, 5.74) is 1.01. The van der Waals surface area contributed by atoms with Gasteiger partial charge in [0.05, 0.1) is 0 Å². The number of rotatable bonds is 3. The molecule has 0 N–H and O–H groups in total. The van der Waals surface area contributed by atoms with Crippen molar-refractivity contribution in [1.29, 1.82) is 0 Å². The molecule has 1 aromatic rings. The third kappa shape index (κ3) is 2.51. The van der Waals surface area contributed by atoms with Crippen molar-refractivity contribution < 1.29 is 13.7 Å². The Balaban J connectivity index is 2.25. The summed E-state index contributed by atoms with van der Waals surface area (Å²) < 4.78 is 25.3. The van der Waals surface area contributed by atoms with Gasteiger partial charge in [-0.05, 0) is 19.5 Å². The smallest absolute Gasteiger partial charge is 0.286 e. The molecule has 0 spiro atoms. The lowest BCUT2D eigenvalue weighted by molar-refractivity contribution is -0.0276. The fourth-order valence-electron chi connectivity index (χ4n) is 1.99. The van der Waals surface area contributed by atoms with Gasteiger partial charge in [-0.1, -0.05) is 30.3 Å². The zero-order chi connectivity index (χ0) is 13.3. The lowest BCUT2D eigenvalue weighted by Gasteiger charge is -2.22. The molecule has 1 saturated heterocycles.